The summed E-state index contributed by atoms with van der Waals surface area (Å²) in [5, 5.41) is 4.22. The summed E-state index contributed by atoms with van der Waals surface area (Å²) < 4.78 is 66.5. The molecule has 2 heterocycles. The summed E-state index contributed by atoms with van der Waals surface area (Å²) in [6.45, 7) is 3.74. The molecule has 25 heavy (non-hydrogen) atoms. The van der Waals surface area contributed by atoms with Gasteiger partial charge < -0.3 is 0 Å². The average molecular weight is 372 g/mol. The van der Waals surface area contributed by atoms with Crippen molar-refractivity contribution in [1.82, 2.24) is 9.97 Å². The van der Waals surface area contributed by atoms with Crippen LogP contribution < -0.4 is 5.43 Å². The third-order valence-corrected chi connectivity index (χ3v) is 4.69. The number of hydrogen-bond acceptors (Lipinski definition) is 5. The van der Waals surface area contributed by atoms with E-state index in [4.69, 9.17) is 0 Å². The molecule has 130 valence electrons. The van der Waals surface area contributed by atoms with Crippen LogP contribution in [0.5, 0.6) is 0 Å². The molecule has 0 atom stereocenters. The van der Waals surface area contributed by atoms with Crippen molar-refractivity contribution in [3.05, 3.63) is 51.4 Å². The van der Waals surface area contributed by atoms with Crippen LogP contribution in [0.4, 0.5) is 27.8 Å². The third kappa shape index (κ3) is 2.82. The van der Waals surface area contributed by atoms with Gasteiger partial charge in [-0.1, -0.05) is 0 Å². The summed E-state index contributed by atoms with van der Waals surface area (Å²) >= 11 is 1.43. The first kappa shape index (κ1) is 17.2. The normalized spacial score (nSPS) is 11.6. The standard InChI is InChI=1S/C15H9F5N4S/c1-5-6(2)25-15-8(5)14(21-4-22-15)24-23-3-7-9(16)11(18)13(20)12(19)10(7)17/h3-4H,1-2H3,(H,21,22,24)/b23-3+. The number of fused-ring (bicyclic) bond motifs is 1. The number of benzene rings is 1. The van der Waals surface area contributed by atoms with Gasteiger partial charge in [-0.15, -0.1) is 11.3 Å². The predicted molar refractivity (Wildman–Crippen MR) is 84.3 cm³/mol. The maximum absolute atomic E-state index is 13.6. The van der Waals surface area contributed by atoms with E-state index in [0.717, 1.165) is 10.4 Å². The molecule has 1 N–H and O–H groups in total. The number of hydrogen-bond donors (Lipinski definition) is 1. The summed E-state index contributed by atoms with van der Waals surface area (Å²) in [6.07, 6.45) is 1.78. The molecule has 2 aromatic heterocycles. The number of rotatable bonds is 3. The van der Waals surface area contributed by atoms with Crippen LogP contribution in [0.1, 0.15) is 16.0 Å². The van der Waals surface area contributed by atoms with Crippen LogP contribution in [0.15, 0.2) is 11.4 Å². The van der Waals surface area contributed by atoms with Crippen LogP contribution in [0.2, 0.25) is 0 Å². The second kappa shape index (κ2) is 6.36. The Hall–Kier alpha value is -2.62. The maximum Gasteiger partial charge on any atom is 0.200 e. The molecular weight excluding hydrogens is 363 g/mol. The van der Waals surface area contributed by atoms with Gasteiger partial charge in [0.25, 0.3) is 0 Å². The molecule has 1 aromatic carbocycles. The zero-order valence-electron chi connectivity index (χ0n) is 12.8. The van der Waals surface area contributed by atoms with Crippen molar-refractivity contribution in [3.8, 4) is 0 Å². The number of thiophene rings is 1. The molecule has 0 fully saturated rings. The molecule has 0 unspecified atom stereocenters. The number of nitrogens with zero attached hydrogens (tertiary/aromatic N) is 3. The molecule has 0 aliphatic carbocycles. The number of anilines is 1. The fourth-order valence-electron chi connectivity index (χ4n) is 2.16. The Kier molecular flexibility index (Phi) is 4.38. The van der Waals surface area contributed by atoms with E-state index in [-0.39, 0.29) is 5.82 Å². The van der Waals surface area contributed by atoms with E-state index in [0.29, 0.717) is 16.4 Å². The largest absolute Gasteiger partial charge is 0.261 e. The molecule has 3 aromatic rings. The molecule has 0 spiro atoms. The topological polar surface area (TPSA) is 50.2 Å². The van der Waals surface area contributed by atoms with Crippen molar-refractivity contribution in [2.45, 2.75) is 13.8 Å². The highest BCUT2D eigenvalue weighted by atomic mass is 32.1. The van der Waals surface area contributed by atoms with Gasteiger partial charge in [-0.05, 0) is 19.4 Å². The second-order valence-corrected chi connectivity index (χ2v) is 6.24. The lowest BCUT2D eigenvalue weighted by Gasteiger charge is -2.05. The summed E-state index contributed by atoms with van der Waals surface area (Å²) in [6, 6.07) is 0. The SMILES string of the molecule is Cc1sc2ncnc(N/N=C/c3c(F)c(F)c(F)c(F)c3F)c2c1C. The molecular formula is C15H9F5N4S. The first-order valence-corrected chi connectivity index (χ1v) is 7.65. The number of aryl methyl sites for hydroxylation is 2. The maximum atomic E-state index is 13.6. The lowest BCUT2D eigenvalue weighted by molar-refractivity contribution is 0.377. The summed E-state index contributed by atoms with van der Waals surface area (Å²) in [5.74, 6) is -9.95. The van der Waals surface area contributed by atoms with E-state index in [1.807, 2.05) is 13.8 Å². The summed E-state index contributed by atoms with van der Waals surface area (Å²) in [4.78, 5) is 9.77. The van der Waals surface area contributed by atoms with Gasteiger partial charge in [-0.2, -0.15) is 5.10 Å². The van der Waals surface area contributed by atoms with Crippen molar-refractivity contribution in [1.29, 1.82) is 0 Å². The van der Waals surface area contributed by atoms with Crippen molar-refractivity contribution in [2.24, 2.45) is 5.10 Å². The molecule has 0 saturated carbocycles. The monoisotopic (exact) mass is 372 g/mol. The fourth-order valence-corrected chi connectivity index (χ4v) is 3.16. The highest BCUT2D eigenvalue weighted by Gasteiger charge is 2.24. The Bertz CT molecular complexity index is 986. The van der Waals surface area contributed by atoms with E-state index in [1.54, 1.807) is 0 Å². The van der Waals surface area contributed by atoms with Gasteiger partial charge in [-0.3, -0.25) is 5.43 Å². The fraction of sp³-hybridized carbons (Fsp3) is 0.133. The Labute approximate surface area is 142 Å². The molecule has 0 radical (unpaired) electrons. The molecule has 0 bridgehead atoms. The van der Waals surface area contributed by atoms with E-state index >= 15 is 0 Å². The van der Waals surface area contributed by atoms with Gasteiger partial charge in [0, 0.05) is 4.88 Å². The van der Waals surface area contributed by atoms with Gasteiger partial charge in [0.2, 0.25) is 5.82 Å². The number of aromatic nitrogens is 2. The first-order chi connectivity index (χ1) is 11.8. The third-order valence-electron chi connectivity index (χ3n) is 3.57. The lowest BCUT2D eigenvalue weighted by Crippen LogP contribution is -2.07. The van der Waals surface area contributed by atoms with E-state index < -0.39 is 34.6 Å². The highest BCUT2D eigenvalue weighted by Crippen LogP contribution is 2.32. The Morgan fingerprint density at radius 3 is 2.20 bits per heavy atom. The number of nitrogens with one attached hydrogen (secondary N) is 1. The van der Waals surface area contributed by atoms with Gasteiger partial charge in [0.15, 0.2) is 29.1 Å². The Balaban J connectivity index is 1.98. The molecule has 10 heteroatoms. The molecule has 0 amide bonds. The van der Waals surface area contributed by atoms with Gasteiger partial charge in [0.1, 0.15) is 11.2 Å². The van der Waals surface area contributed by atoms with Gasteiger partial charge in [-0.25, -0.2) is 31.9 Å². The Morgan fingerprint density at radius 2 is 1.56 bits per heavy atom. The smallest absolute Gasteiger partial charge is 0.200 e. The van der Waals surface area contributed by atoms with Crippen molar-refractivity contribution >= 4 is 33.6 Å². The molecule has 4 nitrogen and oxygen atoms in total. The van der Waals surface area contributed by atoms with Crippen LogP contribution in [0, 0.1) is 42.9 Å². The van der Waals surface area contributed by atoms with Crippen LogP contribution in [0.3, 0.4) is 0 Å². The van der Waals surface area contributed by atoms with Gasteiger partial charge in [0.05, 0.1) is 17.2 Å². The number of halogens is 5. The minimum atomic E-state index is -2.22. The number of hydrazone groups is 1. The van der Waals surface area contributed by atoms with E-state index in [1.165, 1.54) is 17.7 Å². The zero-order valence-corrected chi connectivity index (χ0v) is 13.6. The van der Waals surface area contributed by atoms with Crippen LogP contribution in [0.25, 0.3) is 10.2 Å². The molecule has 3 rings (SSSR count). The lowest BCUT2D eigenvalue weighted by atomic mass is 10.2. The zero-order chi connectivity index (χ0) is 18.3. The minimum Gasteiger partial charge on any atom is -0.261 e. The molecule has 0 aliphatic heterocycles. The van der Waals surface area contributed by atoms with Crippen molar-refractivity contribution in [3.63, 3.8) is 0 Å². The summed E-state index contributed by atoms with van der Waals surface area (Å²) in [7, 11) is 0. The Morgan fingerprint density at radius 1 is 0.960 bits per heavy atom. The minimum absolute atomic E-state index is 0.256. The van der Waals surface area contributed by atoms with Crippen molar-refractivity contribution < 1.29 is 22.0 Å². The molecule has 0 aliphatic rings. The average Bonchev–Trinajstić information content (AvgIpc) is 2.89. The second-order valence-electron chi connectivity index (χ2n) is 5.04. The molecule has 0 saturated heterocycles. The highest BCUT2D eigenvalue weighted by molar-refractivity contribution is 7.18. The quantitative estimate of drug-likeness (QED) is 0.243. The predicted octanol–water partition coefficient (Wildman–Crippen LogP) is 4.45. The summed E-state index contributed by atoms with van der Waals surface area (Å²) in [5.41, 5.74) is 2.20. The van der Waals surface area contributed by atoms with Crippen LogP contribution in [-0.4, -0.2) is 16.2 Å². The van der Waals surface area contributed by atoms with Crippen LogP contribution >= 0.6 is 11.3 Å². The van der Waals surface area contributed by atoms with E-state index in [2.05, 4.69) is 20.5 Å². The van der Waals surface area contributed by atoms with Gasteiger partial charge >= 0.3 is 0 Å². The first-order valence-electron chi connectivity index (χ1n) is 6.84. The van der Waals surface area contributed by atoms with Crippen molar-refractivity contribution in [2.75, 3.05) is 5.43 Å². The van der Waals surface area contributed by atoms with E-state index in [9.17, 15) is 22.0 Å². The van der Waals surface area contributed by atoms with Crippen LogP contribution in [-0.2, 0) is 0 Å².